The maximum absolute atomic E-state index is 12.3. The molecule has 0 unspecified atom stereocenters. The highest BCUT2D eigenvalue weighted by Crippen LogP contribution is 2.55. The zero-order valence-corrected chi connectivity index (χ0v) is 14.4. The Balaban J connectivity index is 1.36. The van der Waals surface area contributed by atoms with Gasteiger partial charge in [0, 0.05) is 20.3 Å². The first-order valence-electron chi connectivity index (χ1n) is 7.89. The molecular formula is C16H21BrN2OS. The van der Waals surface area contributed by atoms with E-state index in [1.807, 2.05) is 5.38 Å². The van der Waals surface area contributed by atoms with Crippen molar-refractivity contribution in [2.45, 2.75) is 50.6 Å². The first-order chi connectivity index (χ1) is 10.1. The fourth-order valence-corrected chi connectivity index (χ4v) is 6.55. The fourth-order valence-electron chi connectivity index (χ4n) is 5.16. The van der Waals surface area contributed by atoms with Crippen molar-refractivity contribution in [3.05, 3.63) is 20.8 Å². The van der Waals surface area contributed by atoms with Crippen LogP contribution in [0.1, 0.15) is 43.4 Å². The molecule has 0 radical (unpaired) electrons. The van der Waals surface area contributed by atoms with E-state index in [0.29, 0.717) is 6.54 Å². The van der Waals surface area contributed by atoms with Crippen molar-refractivity contribution in [1.82, 2.24) is 10.6 Å². The lowest BCUT2D eigenvalue weighted by Gasteiger charge is -2.56. The molecule has 3 nitrogen and oxygen atoms in total. The number of urea groups is 1. The molecule has 1 aromatic rings. The molecule has 5 heteroatoms. The van der Waals surface area contributed by atoms with Crippen LogP contribution in [0.5, 0.6) is 0 Å². The van der Waals surface area contributed by atoms with Gasteiger partial charge in [-0.25, -0.2) is 4.79 Å². The summed E-state index contributed by atoms with van der Waals surface area (Å²) in [6.07, 6.45) is 7.84. The largest absolute Gasteiger partial charge is 0.333 e. The number of rotatable bonds is 3. The maximum atomic E-state index is 12.3. The van der Waals surface area contributed by atoms with Crippen LogP contribution >= 0.6 is 27.3 Å². The third kappa shape index (κ3) is 2.87. The lowest BCUT2D eigenvalue weighted by atomic mass is 9.53. The van der Waals surface area contributed by atoms with Crippen molar-refractivity contribution in [1.29, 1.82) is 0 Å². The molecular weight excluding hydrogens is 348 g/mol. The number of amides is 2. The highest BCUT2D eigenvalue weighted by Gasteiger charge is 2.51. The zero-order chi connectivity index (χ0) is 14.4. The number of thiophene rings is 1. The second-order valence-electron chi connectivity index (χ2n) is 7.24. The van der Waals surface area contributed by atoms with Crippen molar-refractivity contribution in [3.63, 3.8) is 0 Å². The second-order valence-corrected chi connectivity index (χ2v) is 9.15. The standard InChI is InChI=1S/C16H21BrN2OS/c17-13-4-14(21-9-13)8-18-15(20)19-16-5-10-1-11(6-16)3-12(2-10)7-16/h4,9-12H,1-3,5-8H2,(H2,18,19,20). The van der Waals surface area contributed by atoms with Gasteiger partial charge in [0.2, 0.25) is 0 Å². The van der Waals surface area contributed by atoms with Crippen LogP contribution in [0.15, 0.2) is 15.9 Å². The van der Waals surface area contributed by atoms with E-state index in [4.69, 9.17) is 0 Å². The molecule has 1 aromatic heterocycles. The van der Waals surface area contributed by atoms with Gasteiger partial charge in [0.15, 0.2) is 0 Å². The van der Waals surface area contributed by atoms with Gasteiger partial charge in [0.25, 0.3) is 0 Å². The first-order valence-corrected chi connectivity index (χ1v) is 9.56. The molecule has 4 bridgehead atoms. The summed E-state index contributed by atoms with van der Waals surface area (Å²) in [5, 5.41) is 8.42. The Morgan fingerprint density at radius 1 is 1.24 bits per heavy atom. The van der Waals surface area contributed by atoms with Crippen LogP contribution in [0.4, 0.5) is 4.79 Å². The van der Waals surface area contributed by atoms with Gasteiger partial charge in [-0.1, -0.05) is 0 Å². The van der Waals surface area contributed by atoms with Crippen molar-refractivity contribution in [2.24, 2.45) is 17.8 Å². The summed E-state index contributed by atoms with van der Waals surface area (Å²) in [6.45, 7) is 0.620. The van der Waals surface area contributed by atoms with Gasteiger partial charge >= 0.3 is 6.03 Å². The summed E-state index contributed by atoms with van der Waals surface area (Å²) in [7, 11) is 0. The van der Waals surface area contributed by atoms with E-state index >= 15 is 0 Å². The number of hydrogen-bond acceptors (Lipinski definition) is 2. The quantitative estimate of drug-likeness (QED) is 0.821. The summed E-state index contributed by atoms with van der Waals surface area (Å²) < 4.78 is 1.09. The van der Waals surface area contributed by atoms with Gasteiger partial charge in [-0.15, -0.1) is 11.3 Å². The smallest absolute Gasteiger partial charge is 0.315 e. The number of hydrogen-bond donors (Lipinski definition) is 2. The summed E-state index contributed by atoms with van der Waals surface area (Å²) in [6, 6.07) is 2.08. The van der Waals surface area contributed by atoms with E-state index in [9.17, 15) is 4.79 Å². The minimum atomic E-state index is 0.0153. The average molecular weight is 369 g/mol. The Morgan fingerprint density at radius 3 is 2.38 bits per heavy atom. The van der Waals surface area contributed by atoms with E-state index in [-0.39, 0.29) is 11.6 Å². The van der Waals surface area contributed by atoms with Gasteiger partial charge < -0.3 is 10.6 Å². The van der Waals surface area contributed by atoms with Gasteiger partial charge in [0.05, 0.1) is 6.54 Å². The summed E-state index contributed by atoms with van der Waals surface area (Å²) in [5.41, 5.74) is 0.106. The molecule has 0 aromatic carbocycles. The molecule has 114 valence electrons. The van der Waals surface area contributed by atoms with Crippen LogP contribution in [0.3, 0.4) is 0 Å². The zero-order valence-electron chi connectivity index (χ0n) is 12.0. The molecule has 1 heterocycles. The Labute approximate surface area is 138 Å². The molecule has 4 saturated carbocycles. The molecule has 4 fully saturated rings. The molecule has 21 heavy (non-hydrogen) atoms. The molecule has 0 aliphatic heterocycles. The predicted octanol–water partition coefficient (Wildman–Crippen LogP) is 4.28. The highest BCUT2D eigenvalue weighted by molar-refractivity contribution is 9.10. The lowest BCUT2D eigenvalue weighted by molar-refractivity contribution is -0.0135. The second kappa shape index (κ2) is 5.27. The van der Waals surface area contributed by atoms with E-state index < -0.39 is 0 Å². The molecule has 2 amide bonds. The Hall–Kier alpha value is -0.550. The predicted molar refractivity (Wildman–Crippen MR) is 88.3 cm³/mol. The molecule has 0 spiro atoms. The Morgan fingerprint density at radius 2 is 1.86 bits per heavy atom. The summed E-state index contributed by atoms with van der Waals surface area (Å²) in [4.78, 5) is 13.5. The first kappa shape index (κ1) is 14.1. The van der Waals surface area contributed by atoms with Crippen molar-refractivity contribution in [2.75, 3.05) is 0 Å². The minimum absolute atomic E-state index is 0.0153. The van der Waals surface area contributed by atoms with Gasteiger partial charge in [0.1, 0.15) is 0 Å². The SMILES string of the molecule is O=C(NCc1cc(Br)cs1)NC12CC3CC(CC(C3)C1)C2. The highest BCUT2D eigenvalue weighted by atomic mass is 79.9. The molecule has 4 aliphatic rings. The van der Waals surface area contributed by atoms with Crippen molar-refractivity contribution < 1.29 is 4.79 Å². The maximum Gasteiger partial charge on any atom is 0.315 e. The van der Waals surface area contributed by atoms with Crippen LogP contribution in [0, 0.1) is 17.8 Å². The summed E-state index contributed by atoms with van der Waals surface area (Å²) >= 11 is 5.12. The van der Waals surface area contributed by atoms with Gasteiger partial charge in [-0.3, -0.25) is 0 Å². The molecule has 0 saturated heterocycles. The summed E-state index contributed by atoms with van der Waals surface area (Å²) in [5.74, 6) is 2.60. The number of halogens is 1. The Kier molecular flexibility index (Phi) is 3.53. The molecule has 4 aliphatic carbocycles. The average Bonchev–Trinajstić information content (AvgIpc) is 2.80. The molecule has 0 atom stereocenters. The van der Waals surface area contributed by atoms with E-state index in [1.54, 1.807) is 11.3 Å². The number of carbonyl (C=O) groups excluding carboxylic acids is 1. The molecule has 5 rings (SSSR count). The van der Waals surface area contributed by atoms with Gasteiger partial charge in [-0.2, -0.15) is 0 Å². The fraction of sp³-hybridized carbons (Fsp3) is 0.688. The van der Waals surface area contributed by atoms with Crippen molar-refractivity contribution >= 4 is 33.3 Å². The van der Waals surface area contributed by atoms with Crippen LogP contribution in [0.25, 0.3) is 0 Å². The van der Waals surface area contributed by atoms with Crippen LogP contribution in [-0.4, -0.2) is 11.6 Å². The normalized spacial score (nSPS) is 36.7. The topological polar surface area (TPSA) is 41.1 Å². The van der Waals surface area contributed by atoms with E-state index in [1.165, 1.54) is 43.4 Å². The lowest BCUT2D eigenvalue weighted by Crippen LogP contribution is -2.61. The molecule has 2 N–H and O–H groups in total. The van der Waals surface area contributed by atoms with Crippen LogP contribution in [-0.2, 0) is 6.54 Å². The van der Waals surface area contributed by atoms with E-state index in [0.717, 1.165) is 22.2 Å². The third-order valence-corrected chi connectivity index (χ3v) is 7.16. The van der Waals surface area contributed by atoms with E-state index in [2.05, 4.69) is 32.6 Å². The van der Waals surface area contributed by atoms with Crippen LogP contribution in [0.2, 0.25) is 0 Å². The minimum Gasteiger partial charge on any atom is -0.333 e. The van der Waals surface area contributed by atoms with Crippen LogP contribution < -0.4 is 10.6 Å². The monoisotopic (exact) mass is 368 g/mol. The third-order valence-electron chi connectivity index (χ3n) is 5.46. The van der Waals surface area contributed by atoms with Crippen molar-refractivity contribution in [3.8, 4) is 0 Å². The van der Waals surface area contributed by atoms with Gasteiger partial charge in [-0.05, 0) is 78.3 Å². The Bertz CT molecular complexity index is 521. The number of nitrogens with one attached hydrogen (secondary N) is 2. The number of carbonyl (C=O) groups is 1.